The van der Waals surface area contributed by atoms with E-state index in [4.69, 9.17) is 18.6 Å². The van der Waals surface area contributed by atoms with Crippen LogP contribution in [0.15, 0.2) is 195 Å². The summed E-state index contributed by atoms with van der Waals surface area (Å²) in [5, 5.41) is 8.39. The summed E-state index contributed by atoms with van der Waals surface area (Å²) in [6.45, 7) is 6.50. The number of benzene rings is 6. The van der Waals surface area contributed by atoms with Crippen LogP contribution >= 0.6 is 15.8 Å². The fourth-order valence-electron chi connectivity index (χ4n) is 4.36. The van der Waals surface area contributed by atoms with Crippen LogP contribution in [0.1, 0.15) is 0 Å². The van der Waals surface area contributed by atoms with E-state index in [1.165, 1.54) is 37.9 Å². The molecule has 6 aromatic carbocycles. The van der Waals surface area contributed by atoms with E-state index in [1.54, 1.807) is 0 Å². The predicted molar refractivity (Wildman–Crippen MR) is 186 cm³/mol. The van der Waals surface area contributed by atoms with Gasteiger partial charge in [0.25, 0.3) is 0 Å². The van der Waals surface area contributed by atoms with Crippen LogP contribution in [0.2, 0.25) is 0 Å². The number of halogens is 1. The molecule has 0 N–H and O–H groups in total. The summed E-state index contributed by atoms with van der Waals surface area (Å²) in [5.41, 5.74) is 0. The Balaban J connectivity index is 0.000000263. The molecule has 0 fully saturated rings. The summed E-state index contributed by atoms with van der Waals surface area (Å²) in [7, 11) is -5.84. The van der Waals surface area contributed by atoms with Crippen LogP contribution in [0.3, 0.4) is 0 Å². The molecule has 0 unspecified atom stereocenters. The summed E-state index contributed by atoms with van der Waals surface area (Å²) in [4.78, 5) is 0. The van der Waals surface area contributed by atoms with E-state index >= 15 is 0 Å². The van der Waals surface area contributed by atoms with E-state index in [0.29, 0.717) is 0 Å². The Bertz CT molecular complexity index is 1330. The Morgan fingerprint density at radius 1 is 0.362 bits per heavy atom. The molecule has 0 aliphatic carbocycles. The van der Waals surface area contributed by atoms with Crippen molar-refractivity contribution in [1.29, 1.82) is 0 Å². The topological polar surface area (TPSA) is 92.2 Å². The van der Waals surface area contributed by atoms with Crippen molar-refractivity contribution in [3.05, 3.63) is 202 Å². The molecule has 4 nitrogen and oxygen atoms in total. The van der Waals surface area contributed by atoms with Gasteiger partial charge in [-0.3, -0.25) is 0 Å². The molecular weight excluding hydrogens is 825 g/mol. The molecule has 0 spiro atoms. The Hall–Kier alpha value is -3.26. The first-order valence-corrected chi connectivity index (χ1v) is 18.2. The van der Waals surface area contributed by atoms with Crippen LogP contribution < -0.4 is 50.5 Å². The smallest absolute Gasteiger partial charge is 0 e. The third-order valence-electron chi connectivity index (χ3n) is 6.09. The zero-order valence-corrected chi connectivity index (χ0v) is 30.4. The van der Waals surface area contributed by atoms with Gasteiger partial charge in [0.2, 0.25) is 0 Å². The standard InChI is InChI=1S/2C18H15P.C3H5.ClHO4.Pt/c2*1-4-10-16(11-5-1)19(17-12-6-2-7-13-17)18-14-8-3-9-15-18;1-3-2;2-1(3,4)5;/h2*1-15H;3H,1-2H2;(H,2,3,4,5);/p-1. The summed E-state index contributed by atoms with van der Waals surface area (Å²) in [6, 6.07) is 64.7. The Labute approximate surface area is 297 Å². The van der Waals surface area contributed by atoms with Crippen LogP contribution in [0.4, 0.5) is 0 Å². The molecule has 0 aliphatic heterocycles. The van der Waals surface area contributed by atoms with E-state index in [9.17, 15) is 0 Å². The number of rotatable bonds is 6. The van der Waals surface area contributed by atoms with Gasteiger partial charge >= 0.3 is 0 Å². The average Bonchev–Trinajstić information content (AvgIpc) is 3.08. The quantitative estimate of drug-likeness (QED) is 0.241. The molecule has 0 saturated heterocycles. The van der Waals surface area contributed by atoms with Crippen molar-refractivity contribution in [2.75, 3.05) is 0 Å². The van der Waals surface area contributed by atoms with Gasteiger partial charge in [-0.1, -0.05) is 188 Å². The van der Waals surface area contributed by atoms with Gasteiger partial charge in [0, 0.05) is 21.1 Å². The number of allylic oxidation sites excluding steroid dienone is 1. The van der Waals surface area contributed by atoms with Gasteiger partial charge in [-0.25, -0.2) is 18.6 Å². The average molecular weight is 860 g/mol. The van der Waals surface area contributed by atoms with E-state index < -0.39 is 26.1 Å². The summed E-state index contributed by atoms with van der Waals surface area (Å²) in [6.07, 6.45) is 1.50. The summed E-state index contributed by atoms with van der Waals surface area (Å²) in [5.74, 6) is 0. The van der Waals surface area contributed by atoms with Crippen LogP contribution in [0, 0.1) is 17.2 Å². The van der Waals surface area contributed by atoms with E-state index in [0.717, 1.165) is 0 Å². The van der Waals surface area contributed by atoms with Crippen molar-refractivity contribution in [2.24, 2.45) is 0 Å². The minimum Gasteiger partial charge on any atom is -0.222 e. The first-order valence-electron chi connectivity index (χ1n) is 14.2. The molecule has 243 valence electrons. The van der Waals surface area contributed by atoms with Crippen LogP contribution in [0.5, 0.6) is 0 Å². The van der Waals surface area contributed by atoms with Crippen molar-refractivity contribution < 1.29 is 49.9 Å². The zero-order chi connectivity index (χ0) is 33.0. The molecule has 6 aromatic rings. The molecule has 0 aliphatic rings. The van der Waals surface area contributed by atoms with Crippen LogP contribution in [0.25, 0.3) is 0 Å². The fourth-order valence-corrected chi connectivity index (χ4v) is 8.97. The predicted octanol–water partition coefficient (Wildman–Crippen LogP) is 3.14. The van der Waals surface area contributed by atoms with Crippen molar-refractivity contribution in [3.63, 3.8) is 0 Å². The molecule has 0 saturated carbocycles. The van der Waals surface area contributed by atoms with Crippen LogP contribution in [-0.2, 0) is 21.1 Å². The summed E-state index contributed by atoms with van der Waals surface area (Å²) < 4.78 is 34.0. The molecule has 0 heterocycles. The van der Waals surface area contributed by atoms with Crippen molar-refractivity contribution in [3.8, 4) is 0 Å². The second-order valence-corrected chi connectivity index (χ2v) is 14.5. The Kier molecular flexibility index (Phi) is 19.0. The fraction of sp³-hybridized carbons (Fsp3) is 0. The molecule has 8 heteroatoms. The molecule has 6 rings (SSSR count). The summed E-state index contributed by atoms with van der Waals surface area (Å²) >= 11 is 0. The molecule has 1 radical (unpaired) electrons. The van der Waals surface area contributed by atoms with E-state index in [1.807, 2.05) is 0 Å². The molecule has 47 heavy (non-hydrogen) atoms. The normalized spacial score (nSPS) is 10.1. The third-order valence-corrected chi connectivity index (χ3v) is 11.0. The molecule has 0 aromatic heterocycles. The number of hydrogen-bond acceptors (Lipinski definition) is 4. The minimum atomic E-state index is -4.94. The molecular formula is C39H35ClO4P2Pt-. The maximum Gasteiger partial charge on any atom is 0 e. The monoisotopic (exact) mass is 859 g/mol. The van der Waals surface area contributed by atoms with Crippen LogP contribution in [-0.4, -0.2) is 0 Å². The van der Waals surface area contributed by atoms with Gasteiger partial charge < -0.3 is 0 Å². The van der Waals surface area contributed by atoms with Gasteiger partial charge in [-0.15, -0.1) is 16.8 Å². The maximum absolute atomic E-state index is 8.49. The van der Waals surface area contributed by atoms with Gasteiger partial charge in [0.15, 0.2) is 0 Å². The second kappa shape index (κ2) is 22.3. The molecule has 0 amide bonds. The van der Waals surface area contributed by atoms with E-state index in [2.05, 4.69) is 195 Å². The maximum atomic E-state index is 8.49. The van der Waals surface area contributed by atoms with Crippen molar-refractivity contribution in [1.82, 2.24) is 0 Å². The first kappa shape index (κ1) is 39.9. The molecule has 0 bridgehead atoms. The number of hydrogen-bond donors (Lipinski definition) is 0. The van der Waals surface area contributed by atoms with Gasteiger partial charge in [-0.05, 0) is 54.6 Å². The largest absolute Gasteiger partial charge is 0.222 e. The zero-order valence-electron chi connectivity index (χ0n) is 25.5. The van der Waals surface area contributed by atoms with Gasteiger partial charge in [0.1, 0.15) is 0 Å². The Morgan fingerprint density at radius 2 is 0.468 bits per heavy atom. The minimum absolute atomic E-state index is 0. The first-order chi connectivity index (χ1) is 22.3. The third kappa shape index (κ3) is 15.0. The van der Waals surface area contributed by atoms with Gasteiger partial charge in [0.05, 0.1) is 0 Å². The van der Waals surface area contributed by atoms with E-state index in [-0.39, 0.29) is 21.1 Å². The molecule has 0 atom stereocenters. The van der Waals surface area contributed by atoms with Crippen molar-refractivity contribution >= 4 is 47.7 Å². The Morgan fingerprint density at radius 3 is 0.574 bits per heavy atom. The van der Waals surface area contributed by atoms with Crippen molar-refractivity contribution in [2.45, 2.75) is 0 Å². The second-order valence-electron chi connectivity index (χ2n) is 9.35. The van der Waals surface area contributed by atoms with Gasteiger partial charge in [-0.2, -0.15) is 0 Å². The SMILES string of the molecule is [CH2]C=C.[O-][Cl+3]([O-])([O-])[O-].[Pt].c1ccc(P(c2ccccc2)c2ccccc2)cc1.c1ccc(P(c2ccccc2)c2ccccc2)cc1.